The number of benzene rings is 1. The topological polar surface area (TPSA) is 64.4 Å². The number of hydrogen-bond donors (Lipinski definition) is 1. The van der Waals surface area contributed by atoms with E-state index in [1.165, 1.54) is 6.07 Å². The minimum atomic E-state index is -0.367. The van der Waals surface area contributed by atoms with Gasteiger partial charge in [-0.3, -0.25) is 10.1 Å². The molecule has 0 fully saturated rings. The number of nitrogens with zero attached hydrogens (tertiary/aromatic N) is 1. The van der Waals surface area contributed by atoms with Gasteiger partial charge in [-0.2, -0.15) is 0 Å². The lowest BCUT2D eigenvalue weighted by Gasteiger charge is -2.20. The summed E-state index contributed by atoms with van der Waals surface area (Å²) in [5, 5.41) is 14.2. The van der Waals surface area contributed by atoms with Crippen LogP contribution >= 0.6 is 0 Å². The number of rotatable bonds is 7. The largest absolute Gasteiger partial charge is 0.486 e. The minimum absolute atomic E-state index is 0.0742. The van der Waals surface area contributed by atoms with Crippen molar-refractivity contribution >= 4 is 5.69 Å². The highest BCUT2D eigenvalue weighted by molar-refractivity contribution is 5.44. The fourth-order valence-corrected chi connectivity index (χ4v) is 2.37. The molecule has 1 aliphatic carbocycles. The zero-order valence-corrected chi connectivity index (χ0v) is 12.4. The van der Waals surface area contributed by atoms with E-state index in [1.54, 1.807) is 12.1 Å². The molecule has 0 saturated heterocycles. The molecule has 1 aromatic carbocycles. The molecule has 5 nitrogen and oxygen atoms in total. The van der Waals surface area contributed by atoms with Crippen LogP contribution in [0, 0.1) is 10.1 Å². The Bertz CT molecular complexity index is 514. The Morgan fingerprint density at radius 2 is 2.33 bits per heavy atom. The van der Waals surface area contributed by atoms with Crippen molar-refractivity contribution in [3.05, 3.63) is 46.0 Å². The molecule has 5 heteroatoms. The number of hydrogen-bond acceptors (Lipinski definition) is 4. The average Bonchev–Trinajstić information content (AvgIpc) is 2.50. The summed E-state index contributed by atoms with van der Waals surface area (Å²) in [5.41, 5.74) is 0.950. The number of nitro groups is 1. The van der Waals surface area contributed by atoms with E-state index in [1.807, 2.05) is 0 Å². The monoisotopic (exact) mass is 290 g/mol. The molecule has 1 aromatic rings. The Hall–Kier alpha value is -1.88. The van der Waals surface area contributed by atoms with Crippen molar-refractivity contribution in [3.63, 3.8) is 0 Å². The number of non-ortho nitro benzene ring substituents is 1. The Labute approximate surface area is 125 Å². The quantitative estimate of drug-likeness (QED) is 0.361. The Morgan fingerprint density at radius 3 is 3.00 bits per heavy atom. The molecular formula is C16H22N2O3. The molecule has 21 heavy (non-hydrogen) atoms. The third kappa shape index (κ3) is 4.56. The highest BCUT2D eigenvalue weighted by atomic mass is 16.6. The fraction of sp³-hybridized carbons (Fsp3) is 0.500. The molecule has 0 bridgehead atoms. The molecule has 0 saturated carbocycles. The maximum atomic E-state index is 10.9. The predicted octanol–water partition coefficient (Wildman–Crippen LogP) is 3.58. The lowest BCUT2D eigenvalue weighted by Crippen LogP contribution is -2.19. The van der Waals surface area contributed by atoms with Crippen LogP contribution in [0.5, 0.6) is 5.75 Å². The number of ether oxygens (including phenoxy) is 1. The summed E-state index contributed by atoms with van der Waals surface area (Å²) in [6.45, 7) is 3.55. The SMILES string of the molecule is CCCNCc1cc([N+](=O)[O-])ccc1OC1C=CCCC1. The first-order valence-electron chi connectivity index (χ1n) is 7.52. The lowest BCUT2D eigenvalue weighted by atomic mass is 10.1. The molecule has 1 atom stereocenters. The van der Waals surface area contributed by atoms with E-state index in [-0.39, 0.29) is 16.7 Å². The van der Waals surface area contributed by atoms with Gasteiger partial charge in [-0.25, -0.2) is 0 Å². The molecule has 0 amide bonds. The predicted molar refractivity (Wildman–Crippen MR) is 82.5 cm³/mol. The van der Waals surface area contributed by atoms with Crippen molar-refractivity contribution in [3.8, 4) is 5.75 Å². The van der Waals surface area contributed by atoms with E-state index in [0.717, 1.165) is 43.5 Å². The number of nitrogens with one attached hydrogen (secondary N) is 1. The molecule has 1 N–H and O–H groups in total. The van der Waals surface area contributed by atoms with Crippen LogP contribution in [0.2, 0.25) is 0 Å². The molecule has 2 rings (SSSR count). The first-order valence-corrected chi connectivity index (χ1v) is 7.52. The average molecular weight is 290 g/mol. The molecule has 1 aliphatic rings. The van der Waals surface area contributed by atoms with Gasteiger partial charge in [0.1, 0.15) is 11.9 Å². The van der Waals surface area contributed by atoms with Gasteiger partial charge in [-0.05, 0) is 44.4 Å². The lowest BCUT2D eigenvalue weighted by molar-refractivity contribution is -0.384. The minimum Gasteiger partial charge on any atom is -0.486 e. The summed E-state index contributed by atoms with van der Waals surface area (Å²) < 4.78 is 6.00. The van der Waals surface area contributed by atoms with Crippen molar-refractivity contribution in [2.24, 2.45) is 0 Å². The van der Waals surface area contributed by atoms with Gasteiger partial charge in [0.25, 0.3) is 5.69 Å². The van der Waals surface area contributed by atoms with Gasteiger partial charge in [0.15, 0.2) is 0 Å². The summed E-state index contributed by atoms with van der Waals surface area (Å²) in [5.74, 6) is 0.737. The molecule has 0 aliphatic heterocycles. The maximum absolute atomic E-state index is 10.9. The standard InChI is InChI=1S/C16H22N2O3/c1-2-10-17-12-13-11-14(18(19)20)8-9-16(13)21-15-6-4-3-5-7-15/h4,6,8-9,11,15,17H,2-3,5,7,10,12H2,1H3. The van der Waals surface area contributed by atoms with Crippen LogP contribution in [0.3, 0.4) is 0 Å². The Morgan fingerprint density at radius 1 is 1.48 bits per heavy atom. The van der Waals surface area contributed by atoms with Crippen LogP contribution in [-0.4, -0.2) is 17.6 Å². The second-order valence-corrected chi connectivity index (χ2v) is 5.24. The van der Waals surface area contributed by atoms with Gasteiger partial charge in [0.2, 0.25) is 0 Å². The van der Waals surface area contributed by atoms with Crippen LogP contribution in [0.25, 0.3) is 0 Å². The smallest absolute Gasteiger partial charge is 0.270 e. The van der Waals surface area contributed by atoms with Gasteiger partial charge >= 0.3 is 0 Å². The third-order valence-electron chi connectivity index (χ3n) is 3.49. The summed E-state index contributed by atoms with van der Waals surface area (Å²) in [7, 11) is 0. The summed E-state index contributed by atoms with van der Waals surface area (Å²) >= 11 is 0. The summed E-state index contributed by atoms with van der Waals surface area (Å²) in [6, 6.07) is 4.82. The first kappa shape index (κ1) is 15.5. The van der Waals surface area contributed by atoms with E-state index in [0.29, 0.717) is 6.54 Å². The van der Waals surface area contributed by atoms with Gasteiger partial charge in [0, 0.05) is 24.2 Å². The van der Waals surface area contributed by atoms with Gasteiger partial charge in [0.05, 0.1) is 4.92 Å². The Kier molecular flexibility index (Phi) is 5.75. The molecular weight excluding hydrogens is 268 g/mol. The van der Waals surface area contributed by atoms with E-state index >= 15 is 0 Å². The third-order valence-corrected chi connectivity index (χ3v) is 3.49. The van der Waals surface area contributed by atoms with Crippen LogP contribution in [0.1, 0.15) is 38.2 Å². The van der Waals surface area contributed by atoms with E-state index < -0.39 is 0 Å². The molecule has 0 heterocycles. The van der Waals surface area contributed by atoms with Crippen molar-refractivity contribution in [1.29, 1.82) is 0 Å². The molecule has 1 unspecified atom stereocenters. The Balaban J connectivity index is 2.14. The van der Waals surface area contributed by atoms with Gasteiger partial charge < -0.3 is 10.1 Å². The van der Waals surface area contributed by atoms with Crippen LogP contribution in [-0.2, 0) is 6.54 Å². The maximum Gasteiger partial charge on any atom is 0.270 e. The van der Waals surface area contributed by atoms with E-state index in [2.05, 4.69) is 24.4 Å². The van der Waals surface area contributed by atoms with Crippen molar-refractivity contribution in [1.82, 2.24) is 5.32 Å². The molecule has 0 radical (unpaired) electrons. The zero-order valence-electron chi connectivity index (χ0n) is 12.4. The number of allylic oxidation sites excluding steroid dienone is 1. The van der Waals surface area contributed by atoms with Crippen molar-refractivity contribution < 1.29 is 9.66 Å². The summed E-state index contributed by atoms with van der Waals surface area (Å²) in [4.78, 5) is 10.6. The second-order valence-electron chi connectivity index (χ2n) is 5.24. The zero-order chi connectivity index (χ0) is 15.1. The second kappa shape index (κ2) is 7.78. The normalized spacial score (nSPS) is 17.7. The first-order chi connectivity index (χ1) is 10.2. The number of nitro benzene ring substituents is 1. The van der Waals surface area contributed by atoms with Gasteiger partial charge in [-0.1, -0.05) is 13.0 Å². The van der Waals surface area contributed by atoms with Crippen LogP contribution in [0.4, 0.5) is 5.69 Å². The van der Waals surface area contributed by atoms with Gasteiger partial charge in [-0.15, -0.1) is 0 Å². The molecule has 0 aromatic heterocycles. The van der Waals surface area contributed by atoms with E-state index in [9.17, 15) is 10.1 Å². The summed E-state index contributed by atoms with van der Waals surface area (Å²) in [6.07, 6.45) is 8.53. The fourth-order valence-electron chi connectivity index (χ4n) is 2.37. The van der Waals surface area contributed by atoms with Crippen molar-refractivity contribution in [2.45, 2.75) is 45.3 Å². The van der Waals surface area contributed by atoms with Crippen LogP contribution in [0.15, 0.2) is 30.4 Å². The van der Waals surface area contributed by atoms with Crippen molar-refractivity contribution in [2.75, 3.05) is 6.54 Å². The highest BCUT2D eigenvalue weighted by Gasteiger charge is 2.15. The molecule has 0 spiro atoms. The molecule has 114 valence electrons. The van der Waals surface area contributed by atoms with Crippen LogP contribution < -0.4 is 10.1 Å². The van der Waals surface area contributed by atoms with E-state index in [4.69, 9.17) is 4.74 Å². The highest BCUT2D eigenvalue weighted by Crippen LogP contribution is 2.27.